The van der Waals surface area contributed by atoms with Crippen LogP contribution in [0.15, 0.2) is 70.5 Å². The Kier molecular flexibility index (Phi) is 3.25. The Hall–Kier alpha value is -2.85. The summed E-state index contributed by atoms with van der Waals surface area (Å²) in [7, 11) is 0. The lowest BCUT2D eigenvalue weighted by atomic mass is 9.85. The summed E-state index contributed by atoms with van der Waals surface area (Å²) in [6.07, 6.45) is 0. The number of aryl methyl sites for hydroxylation is 1. The molecule has 1 aliphatic heterocycles. The van der Waals surface area contributed by atoms with Crippen LogP contribution < -0.4 is 4.74 Å². The largest absolute Gasteiger partial charge is 0.457 e. The van der Waals surface area contributed by atoms with Crippen molar-refractivity contribution >= 4 is 11.3 Å². The van der Waals surface area contributed by atoms with Gasteiger partial charge in [0.2, 0.25) is 0 Å². The van der Waals surface area contributed by atoms with Crippen LogP contribution in [0.1, 0.15) is 28.7 Å². The molecule has 0 fully saturated rings. The summed E-state index contributed by atoms with van der Waals surface area (Å²) in [5, 5.41) is 2.06. The lowest BCUT2D eigenvalue weighted by molar-refractivity contribution is 0.425. The van der Waals surface area contributed by atoms with E-state index in [0.29, 0.717) is 5.89 Å². The van der Waals surface area contributed by atoms with Crippen LogP contribution in [0.2, 0.25) is 0 Å². The van der Waals surface area contributed by atoms with E-state index in [1.54, 1.807) is 11.3 Å². The van der Waals surface area contributed by atoms with E-state index in [-0.39, 0.29) is 5.92 Å². The SMILES string of the molecule is Cc1nc(-c2cccs2)c(C2c3ccccc3Oc3ccccc32)o1. The monoisotopic (exact) mass is 345 g/mol. The molecule has 0 spiro atoms. The molecule has 3 heterocycles. The van der Waals surface area contributed by atoms with Gasteiger partial charge in [0, 0.05) is 18.1 Å². The summed E-state index contributed by atoms with van der Waals surface area (Å²) in [6.45, 7) is 1.90. The molecule has 0 atom stereocenters. The lowest BCUT2D eigenvalue weighted by Crippen LogP contribution is -2.11. The van der Waals surface area contributed by atoms with Gasteiger partial charge in [0.15, 0.2) is 5.89 Å². The normalized spacial score (nSPS) is 13.2. The highest BCUT2D eigenvalue weighted by molar-refractivity contribution is 7.13. The summed E-state index contributed by atoms with van der Waals surface area (Å²) in [4.78, 5) is 5.80. The van der Waals surface area contributed by atoms with E-state index in [0.717, 1.165) is 39.0 Å². The minimum absolute atomic E-state index is 0.0283. The van der Waals surface area contributed by atoms with E-state index < -0.39 is 0 Å². The van der Waals surface area contributed by atoms with Gasteiger partial charge in [-0.2, -0.15) is 0 Å². The molecule has 1 aliphatic rings. The maximum atomic E-state index is 6.13. The fourth-order valence-electron chi connectivity index (χ4n) is 3.42. The van der Waals surface area contributed by atoms with Crippen molar-refractivity contribution < 1.29 is 9.15 Å². The molecular weight excluding hydrogens is 330 g/mol. The quantitative estimate of drug-likeness (QED) is 0.394. The van der Waals surface area contributed by atoms with Gasteiger partial charge in [-0.25, -0.2) is 4.98 Å². The number of aromatic nitrogens is 1. The zero-order valence-corrected chi connectivity index (χ0v) is 14.4. The standard InChI is InChI=1S/C21H15NO2S/c1-13-22-20(18-11-6-12-25-18)21(23-13)19-14-7-2-4-9-16(14)24-17-10-5-3-8-15(17)19/h2-12,19H,1H3. The number of para-hydroxylation sites is 2. The number of ether oxygens (including phenoxy) is 1. The Morgan fingerprint density at radius 3 is 2.20 bits per heavy atom. The van der Waals surface area contributed by atoms with Gasteiger partial charge >= 0.3 is 0 Å². The number of nitrogens with zero attached hydrogens (tertiary/aromatic N) is 1. The van der Waals surface area contributed by atoms with Crippen LogP contribution >= 0.6 is 11.3 Å². The average Bonchev–Trinajstić information content (AvgIpc) is 3.29. The van der Waals surface area contributed by atoms with E-state index in [1.165, 1.54) is 0 Å². The van der Waals surface area contributed by atoms with E-state index >= 15 is 0 Å². The van der Waals surface area contributed by atoms with Gasteiger partial charge in [-0.1, -0.05) is 42.5 Å². The zero-order valence-electron chi connectivity index (χ0n) is 13.6. The molecule has 122 valence electrons. The molecule has 25 heavy (non-hydrogen) atoms. The first-order chi connectivity index (χ1) is 12.3. The van der Waals surface area contributed by atoms with Crippen LogP contribution in [0, 0.1) is 6.92 Å². The lowest BCUT2D eigenvalue weighted by Gasteiger charge is -2.27. The third-order valence-corrected chi connectivity index (χ3v) is 5.33. The fraction of sp³-hybridized carbons (Fsp3) is 0.0952. The predicted octanol–water partition coefficient (Wildman–Crippen LogP) is 6.00. The summed E-state index contributed by atoms with van der Waals surface area (Å²) in [5.41, 5.74) is 3.13. The van der Waals surface area contributed by atoms with Gasteiger partial charge in [0.25, 0.3) is 0 Å². The number of benzene rings is 2. The second-order valence-corrected chi connectivity index (χ2v) is 6.98. The van der Waals surface area contributed by atoms with Crippen LogP contribution in [0.4, 0.5) is 0 Å². The first-order valence-corrected chi connectivity index (χ1v) is 9.06. The van der Waals surface area contributed by atoms with Gasteiger partial charge in [-0.3, -0.25) is 0 Å². The smallest absolute Gasteiger partial charge is 0.191 e. The molecule has 0 N–H and O–H groups in total. The highest BCUT2D eigenvalue weighted by Gasteiger charge is 2.33. The molecule has 0 saturated carbocycles. The van der Waals surface area contributed by atoms with Crippen molar-refractivity contribution in [1.29, 1.82) is 0 Å². The summed E-state index contributed by atoms with van der Waals surface area (Å²) in [5.74, 6) is 3.28. The van der Waals surface area contributed by atoms with E-state index in [9.17, 15) is 0 Å². The van der Waals surface area contributed by atoms with Crippen molar-refractivity contribution in [3.63, 3.8) is 0 Å². The number of oxazole rings is 1. The highest BCUT2D eigenvalue weighted by Crippen LogP contribution is 2.49. The Morgan fingerprint density at radius 2 is 1.56 bits per heavy atom. The summed E-state index contributed by atoms with van der Waals surface area (Å²) in [6, 6.07) is 20.4. The van der Waals surface area contributed by atoms with E-state index in [1.807, 2.05) is 49.4 Å². The molecule has 0 radical (unpaired) electrons. The van der Waals surface area contributed by atoms with Gasteiger partial charge in [-0.05, 0) is 23.6 Å². The fourth-order valence-corrected chi connectivity index (χ4v) is 4.14. The van der Waals surface area contributed by atoms with Crippen molar-refractivity contribution in [2.24, 2.45) is 0 Å². The number of hydrogen-bond acceptors (Lipinski definition) is 4. The Labute approximate surface area is 149 Å². The molecule has 0 aliphatic carbocycles. The molecule has 4 heteroatoms. The van der Waals surface area contributed by atoms with Crippen LogP contribution in [0.5, 0.6) is 11.5 Å². The van der Waals surface area contributed by atoms with Crippen molar-refractivity contribution in [2.45, 2.75) is 12.8 Å². The number of hydrogen-bond donors (Lipinski definition) is 0. The predicted molar refractivity (Wildman–Crippen MR) is 98.5 cm³/mol. The van der Waals surface area contributed by atoms with E-state index in [2.05, 4.69) is 28.6 Å². The Balaban J connectivity index is 1.78. The second-order valence-electron chi connectivity index (χ2n) is 6.03. The molecule has 2 aromatic carbocycles. The topological polar surface area (TPSA) is 35.3 Å². The van der Waals surface area contributed by atoms with Gasteiger partial charge in [0.05, 0.1) is 10.8 Å². The molecule has 0 unspecified atom stereocenters. The van der Waals surface area contributed by atoms with Crippen molar-refractivity contribution in [1.82, 2.24) is 4.98 Å². The van der Waals surface area contributed by atoms with Crippen LogP contribution in [-0.4, -0.2) is 4.98 Å². The highest BCUT2D eigenvalue weighted by atomic mass is 32.1. The molecule has 0 amide bonds. The first-order valence-electron chi connectivity index (χ1n) is 8.18. The Morgan fingerprint density at radius 1 is 0.880 bits per heavy atom. The summed E-state index contributed by atoms with van der Waals surface area (Å²) >= 11 is 1.68. The van der Waals surface area contributed by atoms with Crippen molar-refractivity contribution in [3.8, 4) is 22.1 Å². The third kappa shape index (κ3) is 2.29. The number of rotatable bonds is 2. The maximum Gasteiger partial charge on any atom is 0.191 e. The Bertz CT molecular complexity index is 1000. The van der Waals surface area contributed by atoms with Crippen LogP contribution in [0.3, 0.4) is 0 Å². The minimum Gasteiger partial charge on any atom is -0.457 e. The first kappa shape index (κ1) is 14.5. The van der Waals surface area contributed by atoms with Crippen molar-refractivity contribution in [2.75, 3.05) is 0 Å². The van der Waals surface area contributed by atoms with Crippen LogP contribution in [-0.2, 0) is 0 Å². The van der Waals surface area contributed by atoms with Gasteiger partial charge in [0.1, 0.15) is 23.0 Å². The second kappa shape index (κ2) is 5.60. The molecule has 3 nitrogen and oxygen atoms in total. The van der Waals surface area contributed by atoms with Gasteiger partial charge in [-0.15, -0.1) is 11.3 Å². The molecule has 0 saturated heterocycles. The number of fused-ring (bicyclic) bond motifs is 2. The minimum atomic E-state index is -0.0283. The maximum absolute atomic E-state index is 6.13. The molecular formula is C21H15NO2S. The zero-order chi connectivity index (χ0) is 16.8. The average molecular weight is 345 g/mol. The molecule has 4 aromatic rings. The van der Waals surface area contributed by atoms with Gasteiger partial charge < -0.3 is 9.15 Å². The third-order valence-electron chi connectivity index (χ3n) is 4.46. The van der Waals surface area contributed by atoms with E-state index in [4.69, 9.17) is 9.15 Å². The summed E-state index contributed by atoms with van der Waals surface area (Å²) < 4.78 is 12.2. The van der Waals surface area contributed by atoms with Crippen LogP contribution in [0.25, 0.3) is 10.6 Å². The molecule has 5 rings (SSSR count). The molecule has 2 aromatic heterocycles. The molecule has 0 bridgehead atoms. The number of thiophene rings is 1. The van der Waals surface area contributed by atoms with Crippen molar-refractivity contribution in [3.05, 3.63) is 88.8 Å².